The van der Waals surface area contributed by atoms with Crippen molar-refractivity contribution in [1.82, 2.24) is 4.90 Å². The fourth-order valence-electron chi connectivity index (χ4n) is 3.26. The van der Waals surface area contributed by atoms with Gasteiger partial charge in [0.05, 0.1) is 32.0 Å². The van der Waals surface area contributed by atoms with Gasteiger partial charge in [-0.15, -0.1) is 0 Å². The van der Waals surface area contributed by atoms with Crippen LogP contribution in [-0.2, 0) is 29.0 Å². The topological polar surface area (TPSA) is 41.9 Å². The first-order valence-corrected chi connectivity index (χ1v) is 7.42. The van der Waals surface area contributed by atoms with Crippen LogP contribution in [-0.4, -0.2) is 48.5 Å². The Balaban J connectivity index is 1.74. The number of morpholine rings is 1. The highest BCUT2D eigenvalue weighted by Gasteiger charge is 2.25. The summed E-state index contributed by atoms with van der Waals surface area (Å²) >= 11 is 0. The van der Waals surface area contributed by atoms with Crippen molar-refractivity contribution in [3.8, 4) is 0 Å². The van der Waals surface area contributed by atoms with E-state index in [0.29, 0.717) is 0 Å². The second-order valence-electron chi connectivity index (χ2n) is 5.80. The van der Waals surface area contributed by atoms with Crippen molar-refractivity contribution in [2.24, 2.45) is 0 Å². The zero-order valence-corrected chi connectivity index (χ0v) is 12.0. The SMILES string of the molecule is CC1CN(Cc2cccc3c2CCOC3)CC(CO)O1. The second-order valence-corrected chi connectivity index (χ2v) is 5.80. The number of ether oxygens (including phenoxy) is 2. The van der Waals surface area contributed by atoms with Crippen LogP contribution in [0.1, 0.15) is 23.6 Å². The van der Waals surface area contributed by atoms with Crippen LogP contribution >= 0.6 is 0 Å². The maximum absolute atomic E-state index is 9.32. The lowest BCUT2D eigenvalue weighted by molar-refractivity contribution is -0.0973. The third-order valence-corrected chi connectivity index (χ3v) is 4.12. The minimum absolute atomic E-state index is 0.0541. The summed E-state index contributed by atoms with van der Waals surface area (Å²) < 4.78 is 11.2. The van der Waals surface area contributed by atoms with Gasteiger partial charge in [-0.2, -0.15) is 0 Å². The van der Waals surface area contributed by atoms with Crippen molar-refractivity contribution in [3.63, 3.8) is 0 Å². The van der Waals surface area contributed by atoms with Crippen LogP contribution in [0.25, 0.3) is 0 Å². The van der Waals surface area contributed by atoms with Crippen LogP contribution < -0.4 is 0 Å². The molecule has 0 saturated carbocycles. The Morgan fingerprint density at radius 3 is 3.10 bits per heavy atom. The van der Waals surface area contributed by atoms with Gasteiger partial charge in [-0.3, -0.25) is 4.90 Å². The van der Waals surface area contributed by atoms with Crippen LogP contribution in [0.5, 0.6) is 0 Å². The van der Waals surface area contributed by atoms with E-state index in [0.717, 1.165) is 39.3 Å². The van der Waals surface area contributed by atoms with Crippen LogP contribution in [0.2, 0.25) is 0 Å². The predicted octanol–water partition coefficient (Wildman–Crippen LogP) is 1.34. The van der Waals surface area contributed by atoms with Crippen LogP contribution in [0, 0.1) is 0 Å². The third kappa shape index (κ3) is 3.04. The summed E-state index contributed by atoms with van der Waals surface area (Å²) in [5, 5.41) is 9.32. The first-order chi connectivity index (χ1) is 9.76. The van der Waals surface area contributed by atoms with E-state index in [9.17, 15) is 5.11 Å². The number of rotatable bonds is 3. The number of fused-ring (bicyclic) bond motifs is 1. The number of hydrogen-bond donors (Lipinski definition) is 1. The van der Waals surface area contributed by atoms with E-state index in [1.165, 1.54) is 16.7 Å². The Labute approximate surface area is 120 Å². The zero-order valence-electron chi connectivity index (χ0n) is 12.0. The van der Waals surface area contributed by atoms with E-state index in [4.69, 9.17) is 9.47 Å². The first-order valence-electron chi connectivity index (χ1n) is 7.42. The summed E-state index contributed by atoms with van der Waals surface area (Å²) in [6.45, 7) is 6.40. The van der Waals surface area contributed by atoms with Gasteiger partial charge in [-0.1, -0.05) is 18.2 Å². The van der Waals surface area contributed by atoms with Gasteiger partial charge in [0.1, 0.15) is 0 Å². The Hall–Kier alpha value is -0.940. The molecule has 1 aromatic rings. The Morgan fingerprint density at radius 2 is 2.25 bits per heavy atom. The first kappa shape index (κ1) is 14.0. The molecule has 0 spiro atoms. The molecule has 20 heavy (non-hydrogen) atoms. The van der Waals surface area contributed by atoms with Crippen molar-refractivity contribution < 1.29 is 14.6 Å². The van der Waals surface area contributed by atoms with E-state index < -0.39 is 0 Å². The zero-order chi connectivity index (χ0) is 13.9. The highest BCUT2D eigenvalue weighted by molar-refractivity contribution is 5.36. The lowest BCUT2D eigenvalue weighted by Crippen LogP contribution is -2.47. The van der Waals surface area contributed by atoms with E-state index >= 15 is 0 Å². The average molecular weight is 277 g/mol. The van der Waals surface area contributed by atoms with E-state index in [1.807, 2.05) is 0 Å². The predicted molar refractivity (Wildman–Crippen MR) is 76.5 cm³/mol. The molecule has 2 aliphatic heterocycles. The number of aliphatic hydroxyl groups excluding tert-OH is 1. The fourth-order valence-corrected chi connectivity index (χ4v) is 3.26. The molecule has 2 heterocycles. The Kier molecular flexibility index (Phi) is 4.36. The molecule has 0 aromatic heterocycles. The van der Waals surface area contributed by atoms with Crippen LogP contribution in [0.15, 0.2) is 18.2 Å². The van der Waals surface area contributed by atoms with Crippen molar-refractivity contribution in [2.45, 2.75) is 38.7 Å². The average Bonchev–Trinajstić information content (AvgIpc) is 2.47. The minimum atomic E-state index is -0.0541. The largest absolute Gasteiger partial charge is 0.394 e. The van der Waals surface area contributed by atoms with Crippen molar-refractivity contribution in [2.75, 3.05) is 26.3 Å². The van der Waals surface area contributed by atoms with Gasteiger partial charge in [-0.25, -0.2) is 0 Å². The molecule has 1 saturated heterocycles. The lowest BCUT2D eigenvalue weighted by atomic mass is 9.96. The molecule has 0 amide bonds. The van der Waals surface area contributed by atoms with E-state index in [-0.39, 0.29) is 18.8 Å². The van der Waals surface area contributed by atoms with Gasteiger partial charge in [-0.05, 0) is 30.0 Å². The van der Waals surface area contributed by atoms with Crippen LogP contribution in [0.3, 0.4) is 0 Å². The molecule has 1 aromatic carbocycles. The summed E-state index contributed by atoms with van der Waals surface area (Å²) in [6.07, 6.45) is 1.14. The van der Waals surface area contributed by atoms with Gasteiger partial charge in [0.2, 0.25) is 0 Å². The summed E-state index contributed by atoms with van der Waals surface area (Å²) in [5.41, 5.74) is 4.18. The molecule has 2 aliphatic rings. The third-order valence-electron chi connectivity index (χ3n) is 4.12. The molecular weight excluding hydrogens is 254 g/mol. The van der Waals surface area contributed by atoms with Crippen LogP contribution in [0.4, 0.5) is 0 Å². The number of hydrogen-bond acceptors (Lipinski definition) is 4. The molecule has 1 N–H and O–H groups in total. The molecule has 2 unspecified atom stereocenters. The molecule has 0 bridgehead atoms. The van der Waals surface area contributed by atoms with Crippen molar-refractivity contribution in [3.05, 3.63) is 34.9 Å². The lowest BCUT2D eigenvalue weighted by Gasteiger charge is -2.36. The molecule has 1 fully saturated rings. The van der Waals surface area contributed by atoms with Gasteiger partial charge < -0.3 is 14.6 Å². The number of aliphatic hydroxyl groups is 1. The maximum Gasteiger partial charge on any atom is 0.0936 e. The van der Waals surface area contributed by atoms with Gasteiger partial charge in [0.15, 0.2) is 0 Å². The normalized spacial score (nSPS) is 27.3. The fraction of sp³-hybridized carbons (Fsp3) is 0.625. The summed E-state index contributed by atoms with van der Waals surface area (Å²) in [6, 6.07) is 6.50. The molecule has 0 aliphatic carbocycles. The van der Waals surface area contributed by atoms with E-state index in [1.54, 1.807) is 0 Å². The molecule has 3 rings (SSSR count). The number of nitrogens with zero attached hydrogens (tertiary/aromatic N) is 1. The molecule has 0 radical (unpaired) electrons. The van der Waals surface area contributed by atoms with Crippen molar-refractivity contribution >= 4 is 0 Å². The molecule has 4 heteroatoms. The maximum atomic E-state index is 9.32. The van der Waals surface area contributed by atoms with Gasteiger partial charge >= 0.3 is 0 Å². The second kappa shape index (κ2) is 6.22. The Morgan fingerprint density at radius 1 is 1.35 bits per heavy atom. The molecular formula is C16H23NO3. The molecule has 4 nitrogen and oxygen atoms in total. The molecule has 2 atom stereocenters. The highest BCUT2D eigenvalue weighted by atomic mass is 16.5. The summed E-state index contributed by atoms with van der Waals surface area (Å²) in [4.78, 5) is 2.39. The quantitative estimate of drug-likeness (QED) is 0.905. The standard InChI is InChI=1S/C16H23NO3/c1-12-7-17(9-15(10-18)20-12)8-13-3-2-4-14-11-19-6-5-16(13)14/h2-4,12,15,18H,5-11H2,1H3. The monoisotopic (exact) mass is 277 g/mol. The summed E-state index contributed by atoms with van der Waals surface area (Å²) in [7, 11) is 0. The Bertz CT molecular complexity index is 463. The van der Waals surface area contributed by atoms with E-state index in [2.05, 4.69) is 30.0 Å². The smallest absolute Gasteiger partial charge is 0.0936 e. The number of benzene rings is 1. The highest BCUT2D eigenvalue weighted by Crippen LogP contribution is 2.23. The van der Waals surface area contributed by atoms with Crippen molar-refractivity contribution in [1.29, 1.82) is 0 Å². The van der Waals surface area contributed by atoms with Gasteiger partial charge in [0, 0.05) is 19.6 Å². The minimum Gasteiger partial charge on any atom is -0.394 e. The van der Waals surface area contributed by atoms with Gasteiger partial charge in [0.25, 0.3) is 0 Å². The molecule has 110 valence electrons. The summed E-state index contributed by atoms with van der Waals surface area (Å²) in [5.74, 6) is 0.